The summed E-state index contributed by atoms with van der Waals surface area (Å²) in [6.45, 7) is 63.4. The van der Waals surface area contributed by atoms with Gasteiger partial charge in [0.25, 0.3) is 0 Å². The fraction of sp³-hybridized carbons (Fsp3) is 0.685. The number of amides is 3. The van der Waals surface area contributed by atoms with E-state index >= 15 is 0 Å². The smallest absolute Gasteiger partial charge is 0.311 e. The lowest BCUT2D eigenvalue weighted by molar-refractivity contribution is -0.262. The molecular weight excluding hydrogens is 2300 g/mol. The molecule has 5 saturated heterocycles. The number of anilines is 2. The zero-order valence-corrected chi connectivity index (χ0v) is 101. The molecule has 0 unspecified atom stereocenters. The fourth-order valence-corrected chi connectivity index (χ4v) is 14.4. The van der Waals surface area contributed by atoms with Crippen LogP contribution in [0.25, 0.3) is 0 Å². The minimum atomic E-state index is -1.52. The third-order valence-electron chi connectivity index (χ3n) is 23.2. The van der Waals surface area contributed by atoms with Gasteiger partial charge in [0.2, 0.25) is 17.7 Å². The van der Waals surface area contributed by atoms with Crippen LogP contribution in [-0.2, 0) is 148 Å². The number of ketones is 1. The van der Waals surface area contributed by atoms with E-state index < -0.39 is 266 Å². The number of rotatable bonds is 20. The second-order valence-corrected chi connectivity index (χ2v) is 50.7. The summed E-state index contributed by atoms with van der Waals surface area (Å²) in [5, 5.41) is 2.44. The summed E-state index contributed by atoms with van der Waals surface area (Å²) in [7, 11) is 0. The van der Waals surface area contributed by atoms with Gasteiger partial charge >= 0.3 is 71.6 Å². The third-order valence-corrected chi connectivity index (χ3v) is 23.7. The Kier molecular flexibility index (Phi) is 45.4. The van der Waals surface area contributed by atoms with Crippen molar-refractivity contribution < 1.29 is 148 Å². The van der Waals surface area contributed by atoms with Crippen LogP contribution >= 0.6 is 77.1 Å². The SMILES string of the molecule is Cc1cc(Br)ccc1[C@H]1O[C@H](COC(=O)C(C)(C)C)[C@@H](OC(=O)C(C)(C)C)[C@H](OC(=O)C(C)(C)C)[C@@H]1OC(=O)C(C)(C)C.Cc1cc(N2CC(=O)N(c3ccc([C@H]4O[C@H](COC(=O)C(C)(C)C)[C@@H](OC(=O)C(C)(C)C)[C@H](OC(=O)C(C)(C)C)[C@@H]4OC(=O)C(C)(C)C)c(C)c3)CC2=O)ccc1[C@H]1O[C@H](COC(=O)C(C)(C)C)[C@@H](OC(=O)C(C)(C)C)[C@H](OC(=O)C(C)(C)C)[C@@H]1OC(=O)C(C)(C)C.I.II.O=C1CCC(=O)NC1. The number of ether oxygens (including phenoxy) is 15. The van der Waals surface area contributed by atoms with Crippen LogP contribution in [-0.4, -0.2) is 208 Å². The average Bonchev–Trinajstić information content (AvgIpc) is 0.760. The molecule has 0 aliphatic carbocycles. The van der Waals surface area contributed by atoms with Crippen molar-refractivity contribution in [3.63, 3.8) is 0 Å². The molecule has 146 heavy (non-hydrogen) atoms. The maximum absolute atomic E-state index is 14.5. The van der Waals surface area contributed by atoms with Crippen LogP contribution in [0.4, 0.5) is 11.4 Å². The van der Waals surface area contributed by atoms with E-state index in [1.165, 1.54) is 9.80 Å². The number of halogens is 4. The van der Waals surface area contributed by atoms with Gasteiger partial charge < -0.3 is 86.2 Å². The van der Waals surface area contributed by atoms with Gasteiger partial charge in [-0.1, -0.05) is 34.1 Å². The lowest BCUT2D eigenvalue weighted by atomic mass is 9.87. The maximum atomic E-state index is 14.5. The number of Topliss-reactive ketones (excluding diaryl/α,β-unsaturated/α-hetero) is 1. The van der Waals surface area contributed by atoms with Gasteiger partial charge in [-0.2, -0.15) is 0 Å². The quantitative estimate of drug-likeness (QED) is 0.0623. The predicted octanol–water partition coefficient (Wildman–Crippen LogP) is 19.0. The molecule has 8 rings (SSSR count). The van der Waals surface area contributed by atoms with Gasteiger partial charge in [-0.3, -0.25) is 76.7 Å². The molecule has 5 aliphatic heterocycles. The Morgan fingerprint density at radius 1 is 0.308 bits per heavy atom. The molecule has 5 fully saturated rings. The molecule has 0 aromatic heterocycles. The molecule has 0 spiro atoms. The minimum absolute atomic E-state index is 0. The standard InChI is InChI=1S/C70H102N2O20.C33H49BrO9.C5H7NO2.I2.HI/c1-37-31-39(27-29-41(37)47-51(89-59(79)67(15,16)17)53(91-61(81)69(21,22)23)49(87-57(77)65(9,10)11)43(85-47)35-83-55(75)63(3,4)5)71-33-46(74)72(34-45(71)73)40-28-30-42(38(2)32-40)48-52(90-60(80)68(18,19)20)54(92-62(82)70(24,25)26)50(88-58(78)66(12,13)14)44(86-48)36-84-56(76)64(6,7)8;1-18-16-19(34)14-15-20(18)22-24(42-28(37)32(8,9)10)25(43-29(38)33(11,12)13)23(41-27(36)31(5,6)7)21(40-22)17-39-26(35)30(2,3)4;7-4-1-2-5(8)6-3-4;1-2;/h27-32,43-44,47-54H,33-36H2,1-26H3;14-16,21-25H,17H2,1-13H3;1-3H2,(H,6,8);;1H/t43-,44-,47-,48-,49-,50-,51-,52-,53+,54+;21-,22-,23-,24-,25+;;;/m11.../s1. The van der Waals surface area contributed by atoms with E-state index in [1.54, 1.807) is 300 Å². The second kappa shape index (κ2) is 50.9. The first-order chi connectivity index (χ1) is 65.8. The van der Waals surface area contributed by atoms with Crippen LogP contribution < -0.4 is 15.1 Å². The first kappa shape index (κ1) is 130. The second-order valence-electron chi connectivity index (χ2n) is 49.8. The molecule has 5 aliphatic rings. The molecule has 3 aromatic carbocycles. The van der Waals surface area contributed by atoms with Crippen LogP contribution in [0.5, 0.6) is 0 Å². The number of nitrogens with one attached hydrogen (secondary N) is 1. The zero-order valence-electron chi connectivity index (χ0n) is 92.6. The van der Waals surface area contributed by atoms with E-state index in [0.717, 1.165) is 10.0 Å². The number of piperidine rings is 1. The van der Waals surface area contributed by atoms with Gasteiger partial charge in [0.1, 0.15) is 69.5 Å². The van der Waals surface area contributed by atoms with Gasteiger partial charge in [0.15, 0.2) is 60.7 Å². The van der Waals surface area contributed by atoms with Crippen LogP contribution in [0.1, 0.15) is 314 Å². The fourth-order valence-electron chi connectivity index (χ4n) is 13.9. The number of nitrogens with zero attached hydrogens (tertiary/aromatic N) is 2. The van der Waals surface area contributed by atoms with E-state index in [9.17, 15) is 76.7 Å². The molecule has 15 atom stereocenters. The van der Waals surface area contributed by atoms with Crippen molar-refractivity contribution in [2.75, 3.05) is 49.3 Å². The lowest BCUT2D eigenvalue weighted by Gasteiger charge is -2.46. The van der Waals surface area contributed by atoms with Crippen molar-refractivity contribution in [3.8, 4) is 0 Å². The predicted molar refractivity (Wildman–Crippen MR) is 575 cm³/mol. The van der Waals surface area contributed by atoms with Crippen molar-refractivity contribution in [3.05, 3.63) is 92.5 Å². The largest absolute Gasteiger partial charge is 0.462 e. The van der Waals surface area contributed by atoms with Crippen LogP contribution in [0.2, 0.25) is 0 Å². The molecule has 0 radical (unpaired) electrons. The van der Waals surface area contributed by atoms with E-state index in [2.05, 4.69) is 58.5 Å². The molecule has 0 bridgehead atoms. The van der Waals surface area contributed by atoms with E-state index in [1.807, 2.05) is 25.1 Å². The van der Waals surface area contributed by atoms with Crippen LogP contribution in [0.3, 0.4) is 0 Å². The lowest BCUT2D eigenvalue weighted by Crippen LogP contribution is -2.61. The number of hydrogen-bond acceptors (Lipinski definition) is 31. The number of benzene rings is 3. The number of piperazine rings is 1. The van der Waals surface area contributed by atoms with E-state index in [4.69, 9.17) is 71.1 Å². The zero-order chi connectivity index (χ0) is 112. The van der Waals surface area contributed by atoms with Gasteiger partial charge in [-0.25, -0.2) is 0 Å². The summed E-state index contributed by atoms with van der Waals surface area (Å²) in [4.78, 5) is 216. The Balaban J connectivity index is 0.000000676. The number of carbonyl (C=O) groups excluding carboxylic acids is 16. The Morgan fingerprint density at radius 2 is 0.514 bits per heavy atom. The molecule has 1 N–H and O–H groups in total. The molecule has 820 valence electrons. The highest BCUT2D eigenvalue weighted by atomic mass is 128. The van der Waals surface area contributed by atoms with Crippen molar-refractivity contribution in [2.24, 2.45) is 65.0 Å². The summed E-state index contributed by atoms with van der Waals surface area (Å²) < 4.78 is 93.9. The highest BCUT2D eigenvalue weighted by Crippen LogP contribution is 2.48. The van der Waals surface area contributed by atoms with Gasteiger partial charge in [-0.05, 0) is 340 Å². The highest BCUT2D eigenvalue weighted by molar-refractivity contribution is 15.0. The molecule has 34 nitrogen and oxygen atoms in total. The van der Waals surface area contributed by atoms with Crippen molar-refractivity contribution >= 4 is 184 Å². The topological polar surface area (TPSA) is 430 Å². The Bertz CT molecular complexity index is 4960. The number of aryl methyl sites for hydroxylation is 3. The van der Waals surface area contributed by atoms with Gasteiger partial charge in [0.05, 0.1) is 71.5 Å². The Labute approximate surface area is 910 Å². The molecule has 38 heteroatoms. The first-order valence-corrected chi connectivity index (χ1v) is 55.7. The summed E-state index contributed by atoms with van der Waals surface area (Å²) in [6.07, 6.45) is -19.0. The van der Waals surface area contributed by atoms with Crippen LogP contribution in [0.15, 0.2) is 59.1 Å². The number of hydrogen-bond donors (Lipinski definition) is 1. The molecular formula is C108H159BrI3N3O31. The number of esters is 12. The average molecular weight is 2460 g/mol. The summed E-state index contributed by atoms with van der Waals surface area (Å²) in [5.74, 6) is -8.51. The first-order valence-electron chi connectivity index (χ1n) is 48.7. The van der Waals surface area contributed by atoms with Crippen molar-refractivity contribution in [1.29, 1.82) is 0 Å². The molecule has 3 aromatic rings. The monoisotopic (exact) mass is 2450 g/mol. The summed E-state index contributed by atoms with van der Waals surface area (Å²) in [5.41, 5.74) is -8.19. The minimum Gasteiger partial charge on any atom is -0.462 e. The van der Waals surface area contributed by atoms with Crippen molar-refractivity contribution in [1.82, 2.24) is 5.32 Å². The Morgan fingerprint density at radius 3 is 0.705 bits per heavy atom. The Hall–Kier alpha value is -8.07. The summed E-state index contributed by atoms with van der Waals surface area (Å²) in [6, 6.07) is 15.3. The third kappa shape index (κ3) is 36.6. The van der Waals surface area contributed by atoms with E-state index in [-0.39, 0.29) is 48.8 Å². The highest BCUT2D eigenvalue weighted by Gasteiger charge is 2.60. The van der Waals surface area contributed by atoms with Gasteiger partial charge in [-0.15, -0.1) is 24.0 Å². The van der Waals surface area contributed by atoms with E-state index in [0.29, 0.717) is 52.0 Å². The number of carbonyl (C=O) groups is 16. The van der Waals surface area contributed by atoms with Crippen molar-refractivity contribution in [2.45, 2.75) is 374 Å². The molecule has 3 amide bonds. The van der Waals surface area contributed by atoms with Gasteiger partial charge in [0, 0.05) is 65.9 Å². The maximum Gasteiger partial charge on any atom is 0.311 e. The van der Waals surface area contributed by atoms with Crippen LogP contribution in [0, 0.1) is 85.8 Å². The molecule has 5 heterocycles. The summed E-state index contributed by atoms with van der Waals surface area (Å²) >= 11 is 7.72. The molecule has 0 saturated carbocycles. The normalized spacial score (nSPS) is 23.0.